The summed E-state index contributed by atoms with van der Waals surface area (Å²) < 4.78 is 0. The quantitative estimate of drug-likeness (QED) is 0.479. The highest BCUT2D eigenvalue weighted by Crippen LogP contribution is 2.31. The van der Waals surface area contributed by atoms with Crippen molar-refractivity contribution in [3.8, 4) is 0 Å². The zero-order valence-corrected chi connectivity index (χ0v) is 13.6. The van der Waals surface area contributed by atoms with E-state index in [9.17, 15) is 9.59 Å². The van der Waals surface area contributed by atoms with Crippen LogP contribution >= 0.6 is 0 Å². The van der Waals surface area contributed by atoms with Crippen LogP contribution in [0.15, 0.2) is 35.3 Å². The van der Waals surface area contributed by atoms with Gasteiger partial charge in [-0.15, -0.1) is 0 Å². The highest BCUT2D eigenvalue weighted by molar-refractivity contribution is 6.16. The first-order valence-corrected chi connectivity index (χ1v) is 8.87. The summed E-state index contributed by atoms with van der Waals surface area (Å²) in [6.07, 6.45) is 9.76. The van der Waals surface area contributed by atoms with Gasteiger partial charge in [0.25, 0.3) is 0 Å². The van der Waals surface area contributed by atoms with Gasteiger partial charge in [-0.25, -0.2) is 0 Å². The normalized spacial score (nSPS) is 27.3. The summed E-state index contributed by atoms with van der Waals surface area (Å²) in [4.78, 5) is 29.4. The van der Waals surface area contributed by atoms with Crippen LogP contribution in [0.2, 0.25) is 0 Å². The molecule has 0 aliphatic heterocycles. The van der Waals surface area contributed by atoms with Crippen LogP contribution in [0, 0.1) is 5.92 Å². The Kier molecular flexibility index (Phi) is 5.37. The number of nitrogens with zero attached hydrogens (tertiary/aromatic N) is 1. The zero-order valence-electron chi connectivity index (χ0n) is 13.6. The van der Waals surface area contributed by atoms with Crippen molar-refractivity contribution >= 4 is 17.8 Å². The van der Waals surface area contributed by atoms with Crippen molar-refractivity contribution in [3.63, 3.8) is 0 Å². The van der Waals surface area contributed by atoms with Gasteiger partial charge in [0, 0.05) is 25.1 Å². The van der Waals surface area contributed by atoms with Gasteiger partial charge in [0.1, 0.15) is 17.5 Å². The van der Waals surface area contributed by atoms with Crippen molar-refractivity contribution in [1.29, 1.82) is 0 Å². The van der Waals surface area contributed by atoms with Crippen LogP contribution in [0.1, 0.15) is 62.8 Å². The molecule has 0 saturated heterocycles. The topological polar surface area (TPSA) is 46.5 Å². The molecule has 0 aromatic heterocycles. The van der Waals surface area contributed by atoms with Gasteiger partial charge in [0.2, 0.25) is 0 Å². The summed E-state index contributed by atoms with van der Waals surface area (Å²) in [5.41, 5.74) is 1.09. The fraction of sp³-hybridized carbons (Fsp3) is 0.550. The van der Waals surface area contributed by atoms with Crippen LogP contribution in [0.5, 0.6) is 0 Å². The first-order valence-electron chi connectivity index (χ1n) is 8.87. The van der Waals surface area contributed by atoms with E-state index in [2.05, 4.69) is 4.99 Å². The predicted molar refractivity (Wildman–Crippen MR) is 91.9 cm³/mol. The molecule has 2 fully saturated rings. The van der Waals surface area contributed by atoms with Gasteiger partial charge in [-0.1, -0.05) is 56.0 Å². The predicted octanol–water partition coefficient (Wildman–Crippen LogP) is 4.11. The molecule has 3 rings (SSSR count). The lowest BCUT2D eigenvalue weighted by molar-refractivity contribution is -0.133. The third-order valence-corrected chi connectivity index (χ3v) is 5.13. The summed E-state index contributed by atoms with van der Waals surface area (Å²) in [6.45, 7) is 0. The number of carbonyl (C=O) groups is 2. The molecule has 0 N–H and O–H groups in total. The molecule has 1 aromatic rings. The van der Waals surface area contributed by atoms with Crippen LogP contribution in [-0.4, -0.2) is 23.8 Å². The highest BCUT2D eigenvalue weighted by atomic mass is 16.2. The molecule has 0 unspecified atom stereocenters. The van der Waals surface area contributed by atoms with Crippen molar-refractivity contribution in [2.75, 3.05) is 0 Å². The van der Waals surface area contributed by atoms with Crippen LogP contribution < -0.4 is 0 Å². The number of carbonyl (C=O) groups excluding carboxylic acids is 2. The molecule has 3 heteroatoms. The second-order valence-electron chi connectivity index (χ2n) is 6.87. The Bertz CT molecular complexity index is 553. The Hall–Kier alpha value is -1.77. The van der Waals surface area contributed by atoms with E-state index in [1.807, 2.05) is 30.3 Å². The second-order valence-corrected chi connectivity index (χ2v) is 6.87. The third kappa shape index (κ3) is 4.15. The number of hydrogen-bond donors (Lipinski definition) is 0. The van der Waals surface area contributed by atoms with Gasteiger partial charge in [0.05, 0.1) is 0 Å². The molecular weight excluding hydrogens is 286 g/mol. The molecule has 0 radical (unpaired) electrons. The number of ketones is 2. The highest BCUT2D eigenvalue weighted by Gasteiger charge is 2.35. The molecule has 0 amide bonds. The van der Waals surface area contributed by atoms with Gasteiger partial charge in [-0.3, -0.25) is 14.6 Å². The Balaban J connectivity index is 1.63. The van der Waals surface area contributed by atoms with Crippen molar-refractivity contribution in [3.05, 3.63) is 35.9 Å². The van der Waals surface area contributed by atoms with Crippen LogP contribution in [0.4, 0.5) is 0 Å². The first kappa shape index (κ1) is 16.1. The average molecular weight is 311 g/mol. The molecule has 1 aromatic carbocycles. The smallest absolute Gasteiger partial charge is 0.149 e. The molecule has 2 aliphatic carbocycles. The van der Waals surface area contributed by atoms with Gasteiger partial charge < -0.3 is 0 Å². The summed E-state index contributed by atoms with van der Waals surface area (Å²) in [5.74, 6) is -0.489. The Labute approximate surface area is 138 Å². The molecule has 23 heavy (non-hydrogen) atoms. The SMILES string of the molecule is O=C1CC(c2ccccc2)CC(=O)C1C=NC1CCCCCC1. The zero-order chi connectivity index (χ0) is 16.1. The number of benzene rings is 1. The fourth-order valence-corrected chi connectivity index (χ4v) is 3.73. The average Bonchev–Trinajstić information content (AvgIpc) is 2.83. The lowest BCUT2D eigenvalue weighted by Crippen LogP contribution is -2.33. The van der Waals surface area contributed by atoms with E-state index in [1.54, 1.807) is 6.21 Å². The van der Waals surface area contributed by atoms with Crippen molar-refractivity contribution in [1.82, 2.24) is 0 Å². The maximum Gasteiger partial charge on any atom is 0.149 e. The summed E-state index contributed by atoms with van der Waals surface area (Å²) in [5, 5.41) is 0. The van der Waals surface area contributed by atoms with E-state index in [0.717, 1.165) is 18.4 Å². The van der Waals surface area contributed by atoms with Crippen LogP contribution in [0.3, 0.4) is 0 Å². The van der Waals surface area contributed by atoms with Gasteiger partial charge in [0.15, 0.2) is 0 Å². The Morgan fingerprint density at radius 2 is 1.48 bits per heavy atom. The molecule has 2 saturated carbocycles. The number of hydrogen-bond acceptors (Lipinski definition) is 3. The molecule has 122 valence electrons. The van der Waals surface area contributed by atoms with E-state index in [0.29, 0.717) is 18.9 Å². The maximum atomic E-state index is 12.4. The van der Waals surface area contributed by atoms with Crippen molar-refractivity contribution in [2.24, 2.45) is 10.9 Å². The molecule has 0 spiro atoms. The van der Waals surface area contributed by atoms with Crippen LogP contribution in [-0.2, 0) is 9.59 Å². The summed E-state index contributed by atoms with van der Waals surface area (Å²) in [7, 11) is 0. The van der Waals surface area contributed by atoms with Crippen molar-refractivity contribution < 1.29 is 9.59 Å². The first-order chi connectivity index (χ1) is 11.2. The summed E-state index contributed by atoms with van der Waals surface area (Å²) >= 11 is 0. The van der Waals surface area contributed by atoms with E-state index < -0.39 is 5.92 Å². The number of aliphatic imine (C=N–C) groups is 1. The van der Waals surface area contributed by atoms with Crippen molar-refractivity contribution in [2.45, 2.75) is 63.3 Å². The van der Waals surface area contributed by atoms with E-state index in [-0.39, 0.29) is 17.5 Å². The minimum Gasteiger partial charge on any atom is -0.298 e. The largest absolute Gasteiger partial charge is 0.298 e. The lowest BCUT2D eigenvalue weighted by Gasteiger charge is -2.25. The Morgan fingerprint density at radius 1 is 0.870 bits per heavy atom. The van der Waals surface area contributed by atoms with Gasteiger partial charge in [-0.05, 0) is 24.3 Å². The molecular formula is C20H25NO2. The number of Topliss-reactive ketones (excluding diaryl/α,β-unsaturated/α-hetero) is 2. The van der Waals surface area contributed by atoms with Gasteiger partial charge in [-0.2, -0.15) is 0 Å². The lowest BCUT2D eigenvalue weighted by atomic mass is 9.77. The minimum absolute atomic E-state index is 0.0347. The Morgan fingerprint density at radius 3 is 2.09 bits per heavy atom. The molecule has 3 nitrogen and oxygen atoms in total. The standard InChI is InChI=1S/C20H25NO2/c22-19-12-16(15-8-4-3-5-9-15)13-20(23)18(19)14-21-17-10-6-1-2-7-11-17/h3-5,8-9,14,16-18H,1-2,6-7,10-13H2. The van der Waals surface area contributed by atoms with Gasteiger partial charge >= 0.3 is 0 Å². The molecule has 2 aliphatic rings. The van der Waals surface area contributed by atoms with E-state index >= 15 is 0 Å². The summed E-state index contributed by atoms with van der Waals surface area (Å²) in [6, 6.07) is 10.2. The number of rotatable bonds is 3. The molecule has 0 bridgehead atoms. The fourth-order valence-electron chi connectivity index (χ4n) is 3.73. The minimum atomic E-state index is -0.599. The maximum absolute atomic E-state index is 12.4. The molecule has 0 atom stereocenters. The van der Waals surface area contributed by atoms with Crippen LogP contribution in [0.25, 0.3) is 0 Å². The second kappa shape index (κ2) is 7.67. The van der Waals surface area contributed by atoms with E-state index in [1.165, 1.54) is 25.7 Å². The third-order valence-electron chi connectivity index (χ3n) is 5.13. The molecule has 0 heterocycles. The van der Waals surface area contributed by atoms with E-state index in [4.69, 9.17) is 0 Å². The monoisotopic (exact) mass is 311 g/mol.